The first-order valence-corrected chi connectivity index (χ1v) is 10.5. The third-order valence-corrected chi connectivity index (χ3v) is 6.62. The van der Waals surface area contributed by atoms with Gasteiger partial charge in [0.15, 0.2) is 5.16 Å². The Bertz CT molecular complexity index is 1060. The minimum atomic E-state index is -0.510. The Morgan fingerprint density at radius 2 is 2.21 bits per heavy atom. The summed E-state index contributed by atoms with van der Waals surface area (Å²) in [5.74, 6) is -0.998. The van der Waals surface area contributed by atoms with Crippen molar-refractivity contribution in [1.29, 1.82) is 0 Å². The number of nitrogens with one attached hydrogen (secondary N) is 1. The number of hydrogen-bond donors (Lipinski definition) is 2. The number of thiophene rings is 1. The van der Waals surface area contributed by atoms with E-state index in [0.717, 1.165) is 29.7 Å². The number of halogens is 1. The van der Waals surface area contributed by atoms with E-state index in [1.54, 1.807) is 29.1 Å². The van der Waals surface area contributed by atoms with Gasteiger partial charge in [0.1, 0.15) is 10.8 Å². The average molecular weight is 417 g/mol. The van der Waals surface area contributed by atoms with E-state index in [1.807, 2.05) is 0 Å². The SMILES string of the molecule is NC(=O)c1c(NC(=O)CSc2nccn2-c2cccc(F)c2)sc2c1CCC2. The first kappa shape index (κ1) is 18.7. The Morgan fingerprint density at radius 1 is 1.36 bits per heavy atom. The van der Waals surface area contributed by atoms with E-state index in [0.29, 0.717) is 21.4 Å². The van der Waals surface area contributed by atoms with Crippen molar-refractivity contribution in [3.8, 4) is 5.69 Å². The van der Waals surface area contributed by atoms with Crippen molar-refractivity contribution in [3.63, 3.8) is 0 Å². The highest BCUT2D eigenvalue weighted by Crippen LogP contribution is 2.38. The van der Waals surface area contributed by atoms with E-state index in [1.165, 1.54) is 35.2 Å². The van der Waals surface area contributed by atoms with Crippen LogP contribution in [0.1, 0.15) is 27.2 Å². The minimum absolute atomic E-state index is 0.104. The minimum Gasteiger partial charge on any atom is -0.365 e. The first-order chi connectivity index (χ1) is 13.5. The number of anilines is 1. The van der Waals surface area contributed by atoms with Crippen molar-refractivity contribution in [2.75, 3.05) is 11.1 Å². The topological polar surface area (TPSA) is 90.0 Å². The summed E-state index contributed by atoms with van der Waals surface area (Å²) in [4.78, 5) is 29.6. The number of imidazole rings is 1. The fourth-order valence-electron chi connectivity index (χ4n) is 3.26. The van der Waals surface area contributed by atoms with E-state index in [2.05, 4.69) is 10.3 Å². The molecule has 1 aromatic carbocycles. The van der Waals surface area contributed by atoms with Gasteiger partial charge in [-0.15, -0.1) is 11.3 Å². The normalized spacial score (nSPS) is 12.8. The van der Waals surface area contributed by atoms with Crippen molar-refractivity contribution < 1.29 is 14.0 Å². The molecule has 4 rings (SSSR count). The molecular weight excluding hydrogens is 399 g/mol. The van der Waals surface area contributed by atoms with Gasteiger partial charge in [-0.1, -0.05) is 17.8 Å². The summed E-state index contributed by atoms with van der Waals surface area (Å²) in [6, 6.07) is 6.15. The Balaban J connectivity index is 1.46. The standard InChI is InChI=1S/C19H17FN4O2S2/c20-11-3-1-4-12(9-11)24-8-7-22-19(24)27-10-15(25)23-18-16(17(21)26)13-5-2-6-14(13)28-18/h1,3-4,7-9H,2,5-6,10H2,(H2,21,26)(H,23,25). The molecular formula is C19H17FN4O2S2. The molecule has 3 N–H and O–H groups in total. The number of aromatic nitrogens is 2. The summed E-state index contributed by atoms with van der Waals surface area (Å²) in [5.41, 5.74) is 7.57. The Labute approximate surface area is 169 Å². The van der Waals surface area contributed by atoms with Crippen molar-refractivity contribution in [2.45, 2.75) is 24.4 Å². The zero-order chi connectivity index (χ0) is 19.7. The molecule has 0 spiro atoms. The summed E-state index contributed by atoms with van der Waals surface area (Å²) < 4.78 is 15.2. The summed E-state index contributed by atoms with van der Waals surface area (Å²) in [6.45, 7) is 0. The number of nitrogens with zero attached hydrogens (tertiary/aromatic N) is 2. The van der Waals surface area contributed by atoms with Gasteiger partial charge in [0.05, 0.1) is 17.0 Å². The zero-order valence-electron chi connectivity index (χ0n) is 14.8. The van der Waals surface area contributed by atoms with Gasteiger partial charge in [-0.25, -0.2) is 9.37 Å². The molecule has 0 radical (unpaired) electrons. The van der Waals surface area contributed by atoms with Crippen LogP contribution < -0.4 is 11.1 Å². The number of rotatable bonds is 6. The summed E-state index contributed by atoms with van der Waals surface area (Å²) in [6.07, 6.45) is 6.05. The molecule has 9 heteroatoms. The zero-order valence-corrected chi connectivity index (χ0v) is 16.4. The number of carbonyl (C=O) groups excluding carboxylic acids is 2. The maximum absolute atomic E-state index is 13.5. The maximum atomic E-state index is 13.5. The maximum Gasteiger partial charge on any atom is 0.251 e. The number of hydrogen-bond acceptors (Lipinski definition) is 5. The van der Waals surface area contributed by atoms with E-state index >= 15 is 0 Å². The third-order valence-electron chi connectivity index (χ3n) is 4.45. The molecule has 0 atom stereocenters. The van der Waals surface area contributed by atoms with Crippen molar-refractivity contribution in [1.82, 2.24) is 9.55 Å². The largest absolute Gasteiger partial charge is 0.365 e. The van der Waals surface area contributed by atoms with Gasteiger partial charge in [-0.2, -0.15) is 0 Å². The number of carbonyl (C=O) groups is 2. The second-order valence-corrected chi connectivity index (χ2v) is 8.37. The average Bonchev–Trinajstić information content (AvgIpc) is 3.35. The van der Waals surface area contributed by atoms with Crippen LogP contribution in [-0.2, 0) is 17.6 Å². The molecule has 2 amide bonds. The lowest BCUT2D eigenvalue weighted by molar-refractivity contribution is -0.113. The van der Waals surface area contributed by atoms with Gasteiger partial charge in [0.2, 0.25) is 5.91 Å². The van der Waals surface area contributed by atoms with E-state index < -0.39 is 5.91 Å². The van der Waals surface area contributed by atoms with Crippen LogP contribution in [0.4, 0.5) is 9.39 Å². The molecule has 28 heavy (non-hydrogen) atoms. The molecule has 2 heterocycles. The lowest BCUT2D eigenvalue weighted by Gasteiger charge is -2.08. The Morgan fingerprint density at radius 3 is 3.00 bits per heavy atom. The molecule has 0 unspecified atom stereocenters. The van der Waals surface area contributed by atoms with Gasteiger partial charge < -0.3 is 11.1 Å². The number of fused-ring (bicyclic) bond motifs is 1. The molecule has 0 fully saturated rings. The summed E-state index contributed by atoms with van der Waals surface area (Å²) in [5, 5.41) is 3.91. The highest BCUT2D eigenvalue weighted by molar-refractivity contribution is 7.99. The van der Waals surface area contributed by atoms with Crippen LogP contribution in [0.25, 0.3) is 5.69 Å². The molecule has 0 aliphatic heterocycles. The number of aryl methyl sites for hydroxylation is 1. The van der Waals surface area contributed by atoms with Crippen molar-refractivity contribution in [2.24, 2.45) is 5.73 Å². The van der Waals surface area contributed by atoms with Crippen molar-refractivity contribution in [3.05, 3.63) is 58.5 Å². The lowest BCUT2D eigenvalue weighted by atomic mass is 10.1. The van der Waals surface area contributed by atoms with Crippen LogP contribution in [0.5, 0.6) is 0 Å². The number of primary amides is 1. The highest BCUT2D eigenvalue weighted by atomic mass is 32.2. The highest BCUT2D eigenvalue weighted by Gasteiger charge is 2.26. The molecule has 0 saturated carbocycles. The number of amides is 2. The molecule has 2 aromatic heterocycles. The second kappa shape index (κ2) is 7.76. The fourth-order valence-corrected chi connectivity index (χ4v) is 5.35. The smallest absolute Gasteiger partial charge is 0.251 e. The number of thioether (sulfide) groups is 1. The predicted octanol–water partition coefficient (Wildman–Crippen LogP) is 3.39. The number of nitrogens with two attached hydrogens (primary N) is 1. The van der Waals surface area contributed by atoms with E-state index in [4.69, 9.17) is 5.73 Å². The van der Waals surface area contributed by atoms with Crippen LogP contribution in [0.15, 0.2) is 41.8 Å². The predicted molar refractivity (Wildman–Crippen MR) is 108 cm³/mol. The van der Waals surface area contributed by atoms with Crippen LogP contribution in [0.2, 0.25) is 0 Å². The molecule has 1 aliphatic rings. The Hall–Kier alpha value is -2.65. The third kappa shape index (κ3) is 3.67. The van der Waals surface area contributed by atoms with Crippen LogP contribution >= 0.6 is 23.1 Å². The second-order valence-electron chi connectivity index (χ2n) is 6.32. The Kier molecular flexibility index (Phi) is 5.19. The van der Waals surface area contributed by atoms with E-state index in [-0.39, 0.29) is 17.5 Å². The van der Waals surface area contributed by atoms with E-state index in [9.17, 15) is 14.0 Å². The lowest BCUT2D eigenvalue weighted by Crippen LogP contribution is -2.19. The summed E-state index contributed by atoms with van der Waals surface area (Å²) >= 11 is 2.66. The van der Waals surface area contributed by atoms with Gasteiger partial charge >= 0.3 is 0 Å². The van der Waals surface area contributed by atoms with Gasteiger partial charge in [-0.3, -0.25) is 14.2 Å². The monoisotopic (exact) mass is 416 g/mol. The summed E-state index contributed by atoms with van der Waals surface area (Å²) in [7, 11) is 0. The molecule has 1 aliphatic carbocycles. The molecule has 3 aromatic rings. The molecule has 0 bridgehead atoms. The first-order valence-electron chi connectivity index (χ1n) is 8.69. The van der Waals surface area contributed by atoms with Crippen molar-refractivity contribution >= 4 is 39.9 Å². The van der Waals surface area contributed by atoms with Gasteiger partial charge in [0.25, 0.3) is 5.91 Å². The molecule has 144 valence electrons. The van der Waals surface area contributed by atoms with Crippen LogP contribution in [-0.4, -0.2) is 27.1 Å². The fraction of sp³-hybridized carbons (Fsp3) is 0.211. The number of benzene rings is 1. The van der Waals surface area contributed by atoms with Gasteiger partial charge in [0, 0.05) is 17.3 Å². The van der Waals surface area contributed by atoms with Crippen LogP contribution in [0.3, 0.4) is 0 Å². The quantitative estimate of drug-likeness (QED) is 0.603. The van der Waals surface area contributed by atoms with Gasteiger partial charge in [-0.05, 0) is 43.0 Å². The molecule has 6 nitrogen and oxygen atoms in total. The molecule has 0 saturated heterocycles. The van der Waals surface area contributed by atoms with Crippen LogP contribution in [0, 0.1) is 5.82 Å².